The fourth-order valence-corrected chi connectivity index (χ4v) is 3.44. The van der Waals surface area contributed by atoms with Gasteiger partial charge < -0.3 is 9.30 Å². The van der Waals surface area contributed by atoms with E-state index in [0.29, 0.717) is 12.0 Å². The molecule has 0 bridgehead atoms. The monoisotopic (exact) mass is 291 g/mol. The van der Waals surface area contributed by atoms with Crippen LogP contribution in [0.15, 0.2) is 0 Å². The summed E-state index contributed by atoms with van der Waals surface area (Å²) in [5.74, 6) is 3.11. The molecule has 1 aromatic heterocycles. The van der Waals surface area contributed by atoms with Gasteiger partial charge in [0.25, 0.3) is 0 Å². The fourth-order valence-electron chi connectivity index (χ4n) is 3.44. The Morgan fingerprint density at radius 3 is 2.76 bits per heavy atom. The molecule has 3 aliphatic rings. The Hall–Kier alpha value is -0.980. The van der Waals surface area contributed by atoms with Crippen molar-refractivity contribution in [2.75, 3.05) is 39.3 Å². The molecule has 4 rings (SSSR count). The van der Waals surface area contributed by atoms with Crippen LogP contribution in [0.1, 0.15) is 37.3 Å². The molecular formula is C15H25N5O. The van der Waals surface area contributed by atoms with E-state index < -0.39 is 0 Å². The van der Waals surface area contributed by atoms with Gasteiger partial charge in [-0.2, -0.15) is 0 Å². The van der Waals surface area contributed by atoms with Gasteiger partial charge in [0.1, 0.15) is 11.6 Å². The van der Waals surface area contributed by atoms with Gasteiger partial charge in [-0.3, -0.25) is 9.80 Å². The van der Waals surface area contributed by atoms with Crippen LogP contribution in [0, 0.1) is 0 Å². The molecule has 116 valence electrons. The summed E-state index contributed by atoms with van der Waals surface area (Å²) >= 11 is 0. The van der Waals surface area contributed by atoms with Gasteiger partial charge in [0, 0.05) is 45.2 Å². The Bertz CT molecular complexity index is 498. The van der Waals surface area contributed by atoms with Crippen molar-refractivity contribution in [2.45, 2.75) is 44.9 Å². The van der Waals surface area contributed by atoms with Crippen molar-refractivity contribution >= 4 is 0 Å². The second kappa shape index (κ2) is 5.66. The molecule has 0 aromatic carbocycles. The lowest BCUT2D eigenvalue weighted by atomic mass is 10.3. The van der Waals surface area contributed by atoms with E-state index in [2.05, 4.69) is 31.5 Å². The zero-order valence-electron chi connectivity index (χ0n) is 12.9. The molecule has 0 radical (unpaired) electrons. The maximum absolute atomic E-state index is 5.60. The topological polar surface area (TPSA) is 46.4 Å². The number of rotatable bonds is 4. The van der Waals surface area contributed by atoms with Gasteiger partial charge in [-0.1, -0.05) is 0 Å². The van der Waals surface area contributed by atoms with Crippen LogP contribution in [-0.4, -0.2) is 70.0 Å². The summed E-state index contributed by atoms with van der Waals surface area (Å²) in [5, 5.41) is 8.83. The van der Waals surface area contributed by atoms with E-state index in [9.17, 15) is 0 Å². The zero-order valence-corrected chi connectivity index (χ0v) is 12.9. The summed E-state index contributed by atoms with van der Waals surface area (Å²) in [4.78, 5) is 5.03. The zero-order chi connectivity index (χ0) is 14.2. The first-order chi connectivity index (χ1) is 10.3. The van der Waals surface area contributed by atoms with Crippen LogP contribution in [0.2, 0.25) is 0 Å². The highest BCUT2D eigenvalue weighted by Crippen LogP contribution is 2.39. The van der Waals surface area contributed by atoms with Gasteiger partial charge in [0.15, 0.2) is 0 Å². The highest BCUT2D eigenvalue weighted by molar-refractivity contribution is 5.09. The number of aromatic nitrogens is 3. The highest BCUT2D eigenvalue weighted by atomic mass is 16.5. The minimum atomic E-state index is 0.379. The van der Waals surface area contributed by atoms with E-state index in [1.165, 1.54) is 24.5 Å². The van der Waals surface area contributed by atoms with E-state index in [-0.39, 0.29) is 0 Å². The van der Waals surface area contributed by atoms with E-state index in [1.54, 1.807) is 0 Å². The summed E-state index contributed by atoms with van der Waals surface area (Å²) in [5.41, 5.74) is 0. The summed E-state index contributed by atoms with van der Waals surface area (Å²) < 4.78 is 7.97. The molecule has 1 aliphatic carbocycles. The molecule has 21 heavy (non-hydrogen) atoms. The average Bonchev–Trinajstić information content (AvgIpc) is 3.25. The quantitative estimate of drug-likeness (QED) is 0.817. The predicted molar refractivity (Wildman–Crippen MR) is 79.1 cm³/mol. The lowest BCUT2D eigenvalue weighted by Crippen LogP contribution is -2.45. The molecular weight excluding hydrogens is 266 g/mol. The Balaban J connectivity index is 1.31. The molecule has 1 saturated heterocycles. The fraction of sp³-hybridized carbons (Fsp3) is 0.867. The Kier molecular flexibility index (Phi) is 3.69. The summed E-state index contributed by atoms with van der Waals surface area (Å²) in [6.45, 7) is 10.6. The lowest BCUT2D eigenvalue weighted by molar-refractivity contribution is -0.0213. The number of ether oxygens (including phenoxy) is 1. The molecule has 0 amide bonds. The third-order valence-electron chi connectivity index (χ3n) is 4.86. The Labute approximate surface area is 126 Å². The molecule has 2 fully saturated rings. The molecule has 6 nitrogen and oxygen atoms in total. The first kappa shape index (κ1) is 13.7. The maximum Gasteiger partial charge on any atom is 0.147 e. The molecule has 1 saturated carbocycles. The van der Waals surface area contributed by atoms with Crippen LogP contribution >= 0.6 is 0 Å². The SMILES string of the molecule is CC1CN(CCN2CCn3c(nnc3C3CC3)C2)CCO1. The third-order valence-corrected chi connectivity index (χ3v) is 4.86. The standard InChI is InChI=1S/C15H25N5O/c1-12-10-19(8-9-21-12)5-4-18-6-7-20-14(11-18)16-17-15(20)13-2-3-13/h12-13H,2-11H2,1H3. The second-order valence-corrected chi connectivity index (χ2v) is 6.66. The van der Waals surface area contributed by atoms with Crippen LogP contribution < -0.4 is 0 Å². The Morgan fingerprint density at radius 2 is 1.95 bits per heavy atom. The van der Waals surface area contributed by atoms with Gasteiger partial charge in [-0.05, 0) is 19.8 Å². The molecule has 2 aliphatic heterocycles. The number of nitrogens with zero attached hydrogens (tertiary/aromatic N) is 5. The number of hydrogen-bond donors (Lipinski definition) is 0. The summed E-state index contributed by atoms with van der Waals surface area (Å²) in [7, 11) is 0. The lowest BCUT2D eigenvalue weighted by Gasteiger charge is -2.34. The van der Waals surface area contributed by atoms with Gasteiger partial charge in [-0.25, -0.2) is 0 Å². The molecule has 3 heterocycles. The largest absolute Gasteiger partial charge is 0.376 e. The van der Waals surface area contributed by atoms with E-state index in [0.717, 1.165) is 52.4 Å². The van der Waals surface area contributed by atoms with Gasteiger partial charge in [0.05, 0.1) is 19.3 Å². The van der Waals surface area contributed by atoms with E-state index in [1.807, 2.05) is 0 Å². The van der Waals surface area contributed by atoms with Crippen molar-refractivity contribution in [1.82, 2.24) is 24.6 Å². The van der Waals surface area contributed by atoms with Gasteiger partial charge in [-0.15, -0.1) is 10.2 Å². The summed E-state index contributed by atoms with van der Waals surface area (Å²) in [6.07, 6.45) is 2.98. The smallest absolute Gasteiger partial charge is 0.147 e. The maximum atomic E-state index is 5.60. The summed E-state index contributed by atoms with van der Waals surface area (Å²) in [6, 6.07) is 0. The minimum Gasteiger partial charge on any atom is -0.376 e. The van der Waals surface area contributed by atoms with Crippen molar-refractivity contribution < 1.29 is 4.74 Å². The van der Waals surface area contributed by atoms with Crippen LogP contribution in [0.3, 0.4) is 0 Å². The number of morpholine rings is 1. The molecule has 0 N–H and O–H groups in total. The molecule has 6 heteroatoms. The van der Waals surface area contributed by atoms with Crippen LogP contribution in [-0.2, 0) is 17.8 Å². The second-order valence-electron chi connectivity index (χ2n) is 6.66. The first-order valence-electron chi connectivity index (χ1n) is 8.28. The van der Waals surface area contributed by atoms with Crippen LogP contribution in [0.25, 0.3) is 0 Å². The normalized spacial score (nSPS) is 27.8. The molecule has 0 spiro atoms. The van der Waals surface area contributed by atoms with Gasteiger partial charge >= 0.3 is 0 Å². The van der Waals surface area contributed by atoms with Crippen molar-refractivity contribution in [2.24, 2.45) is 0 Å². The minimum absolute atomic E-state index is 0.379. The van der Waals surface area contributed by atoms with E-state index >= 15 is 0 Å². The van der Waals surface area contributed by atoms with E-state index in [4.69, 9.17) is 4.74 Å². The molecule has 1 unspecified atom stereocenters. The first-order valence-corrected chi connectivity index (χ1v) is 8.28. The van der Waals surface area contributed by atoms with Crippen molar-refractivity contribution in [3.63, 3.8) is 0 Å². The molecule has 1 atom stereocenters. The van der Waals surface area contributed by atoms with Crippen LogP contribution in [0.4, 0.5) is 0 Å². The van der Waals surface area contributed by atoms with Crippen molar-refractivity contribution in [1.29, 1.82) is 0 Å². The molecule has 1 aromatic rings. The average molecular weight is 291 g/mol. The Morgan fingerprint density at radius 1 is 1.10 bits per heavy atom. The number of fused-ring (bicyclic) bond motifs is 1. The van der Waals surface area contributed by atoms with Crippen molar-refractivity contribution in [3.05, 3.63) is 11.6 Å². The highest BCUT2D eigenvalue weighted by Gasteiger charge is 2.32. The van der Waals surface area contributed by atoms with Crippen molar-refractivity contribution in [3.8, 4) is 0 Å². The third kappa shape index (κ3) is 2.98. The number of hydrogen-bond acceptors (Lipinski definition) is 5. The van der Waals surface area contributed by atoms with Crippen LogP contribution in [0.5, 0.6) is 0 Å². The predicted octanol–water partition coefficient (Wildman–Crippen LogP) is 0.692. The van der Waals surface area contributed by atoms with Gasteiger partial charge in [0.2, 0.25) is 0 Å².